The predicted octanol–water partition coefficient (Wildman–Crippen LogP) is 13.9. The van der Waals surface area contributed by atoms with Gasteiger partial charge in [0.1, 0.15) is 0 Å². The third-order valence-electron chi connectivity index (χ3n) is 10.9. The summed E-state index contributed by atoms with van der Waals surface area (Å²) in [5, 5.41) is 7.65. The van der Waals surface area contributed by atoms with E-state index >= 15 is 0 Å². The summed E-state index contributed by atoms with van der Waals surface area (Å²) in [5.74, 6) is 0. The van der Waals surface area contributed by atoms with Crippen LogP contribution >= 0.6 is 0 Å². The van der Waals surface area contributed by atoms with Gasteiger partial charge in [0.2, 0.25) is 0 Å². The zero-order valence-electron chi connectivity index (χ0n) is 28.4. The Morgan fingerprint density at radius 2 is 1.00 bits per heavy atom. The van der Waals surface area contributed by atoms with Crippen LogP contribution < -0.4 is 4.90 Å². The first kappa shape index (κ1) is 28.9. The molecule has 0 radical (unpaired) electrons. The zero-order valence-corrected chi connectivity index (χ0v) is 28.4. The number of nitrogens with zero attached hydrogens (tertiary/aromatic N) is 2. The molecule has 0 unspecified atom stereocenters. The minimum Gasteiger partial charge on any atom is -0.310 e. The fourth-order valence-electron chi connectivity index (χ4n) is 8.63. The summed E-state index contributed by atoms with van der Waals surface area (Å²) in [6.07, 6.45) is 0. The molecule has 0 fully saturated rings. The Hall–Kier alpha value is -6.90. The molecule has 0 amide bonds. The van der Waals surface area contributed by atoms with Crippen LogP contribution in [0, 0.1) is 0 Å². The Morgan fingerprint density at radius 1 is 0.365 bits per heavy atom. The number of benzene rings is 9. The second kappa shape index (κ2) is 11.3. The lowest BCUT2D eigenvalue weighted by Gasteiger charge is -2.28. The fraction of sp³-hybridized carbons (Fsp3) is 0. The molecule has 0 bridgehead atoms. The molecule has 0 atom stereocenters. The van der Waals surface area contributed by atoms with Crippen LogP contribution in [0.3, 0.4) is 0 Å². The maximum atomic E-state index is 2.47. The van der Waals surface area contributed by atoms with Gasteiger partial charge in [0.05, 0.1) is 16.7 Å². The van der Waals surface area contributed by atoms with Gasteiger partial charge in [-0.2, -0.15) is 0 Å². The van der Waals surface area contributed by atoms with Crippen molar-refractivity contribution in [3.63, 3.8) is 0 Å². The molecule has 2 heteroatoms. The van der Waals surface area contributed by atoms with Crippen LogP contribution in [-0.2, 0) is 0 Å². The Kier molecular flexibility index (Phi) is 6.28. The standard InChI is InChI=1S/C50H32N2/c1-3-13-33(14-4-1)34-25-27-38(28-26-34)51(39-29-30-42-41-20-9-10-23-45(41)52(47(42)32-39)37-17-5-2-6-18-37)46-24-12-22-44-43-21-11-16-36-31-35-15-7-8-19-40(35)50(48(36)43)49(44)46/h1-32H. The smallest absolute Gasteiger partial charge is 0.0561 e. The molecule has 52 heavy (non-hydrogen) atoms. The topological polar surface area (TPSA) is 8.17 Å². The average Bonchev–Trinajstić information content (AvgIpc) is 3.73. The summed E-state index contributed by atoms with van der Waals surface area (Å²) in [6.45, 7) is 0. The van der Waals surface area contributed by atoms with E-state index in [1.165, 1.54) is 82.4 Å². The molecule has 1 aliphatic carbocycles. The van der Waals surface area contributed by atoms with Crippen molar-refractivity contribution in [2.24, 2.45) is 0 Å². The highest BCUT2D eigenvalue weighted by atomic mass is 15.1. The van der Waals surface area contributed by atoms with Crippen molar-refractivity contribution in [1.29, 1.82) is 0 Å². The van der Waals surface area contributed by atoms with Crippen LogP contribution in [0.25, 0.3) is 82.4 Å². The number of aromatic nitrogens is 1. The van der Waals surface area contributed by atoms with Crippen molar-refractivity contribution in [1.82, 2.24) is 4.57 Å². The summed E-state index contributed by atoms with van der Waals surface area (Å²) >= 11 is 0. The van der Waals surface area contributed by atoms with Gasteiger partial charge in [-0.15, -0.1) is 0 Å². The summed E-state index contributed by atoms with van der Waals surface area (Å²) < 4.78 is 2.41. The quantitative estimate of drug-likeness (QED) is 0.167. The second-order valence-corrected chi connectivity index (χ2v) is 13.7. The lowest BCUT2D eigenvalue weighted by Crippen LogP contribution is -2.11. The maximum Gasteiger partial charge on any atom is 0.0561 e. The van der Waals surface area contributed by atoms with Crippen LogP contribution in [0.2, 0.25) is 0 Å². The van der Waals surface area contributed by atoms with Gasteiger partial charge in [0.25, 0.3) is 0 Å². The maximum absolute atomic E-state index is 2.47. The van der Waals surface area contributed by atoms with E-state index < -0.39 is 0 Å². The van der Waals surface area contributed by atoms with Gasteiger partial charge in [-0.3, -0.25) is 0 Å². The first-order valence-electron chi connectivity index (χ1n) is 17.9. The molecule has 1 aromatic heterocycles. The van der Waals surface area contributed by atoms with Gasteiger partial charge >= 0.3 is 0 Å². The molecule has 1 heterocycles. The Labute approximate surface area is 302 Å². The van der Waals surface area contributed by atoms with E-state index in [9.17, 15) is 0 Å². The minimum atomic E-state index is 1.11. The van der Waals surface area contributed by atoms with E-state index in [0.29, 0.717) is 0 Å². The number of anilines is 3. The van der Waals surface area contributed by atoms with Gasteiger partial charge in [-0.25, -0.2) is 0 Å². The first-order chi connectivity index (χ1) is 25.8. The van der Waals surface area contributed by atoms with Crippen molar-refractivity contribution >= 4 is 60.4 Å². The predicted molar refractivity (Wildman–Crippen MR) is 220 cm³/mol. The molecule has 0 N–H and O–H groups in total. The third kappa shape index (κ3) is 4.25. The number of rotatable bonds is 5. The van der Waals surface area contributed by atoms with E-state index in [-0.39, 0.29) is 0 Å². The van der Waals surface area contributed by atoms with Crippen molar-refractivity contribution in [3.05, 3.63) is 194 Å². The fourth-order valence-corrected chi connectivity index (χ4v) is 8.63. The minimum absolute atomic E-state index is 1.11. The molecule has 0 saturated carbocycles. The molecular weight excluding hydrogens is 629 g/mol. The van der Waals surface area contributed by atoms with Gasteiger partial charge in [-0.1, -0.05) is 140 Å². The molecule has 2 nitrogen and oxygen atoms in total. The molecule has 10 aromatic rings. The summed E-state index contributed by atoms with van der Waals surface area (Å²) in [4.78, 5) is 2.47. The van der Waals surface area contributed by atoms with Gasteiger partial charge in [-0.05, 0) is 98.4 Å². The van der Waals surface area contributed by atoms with Crippen molar-refractivity contribution in [3.8, 4) is 39.1 Å². The number of hydrogen-bond acceptors (Lipinski definition) is 1. The zero-order chi connectivity index (χ0) is 34.2. The Balaban J connectivity index is 1.21. The number of fused-ring (bicyclic) bond motifs is 8. The Bertz CT molecular complexity index is 2990. The van der Waals surface area contributed by atoms with Crippen LogP contribution in [0.4, 0.5) is 17.1 Å². The largest absolute Gasteiger partial charge is 0.310 e. The normalized spacial score (nSPS) is 11.8. The van der Waals surface area contributed by atoms with Crippen molar-refractivity contribution in [2.45, 2.75) is 0 Å². The summed E-state index contributed by atoms with van der Waals surface area (Å²) in [6, 6.07) is 71.0. The second-order valence-electron chi connectivity index (χ2n) is 13.7. The van der Waals surface area contributed by atoms with Gasteiger partial charge < -0.3 is 9.47 Å². The van der Waals surface area contributed by atoms with Crippen LogP contribution in [-0.4, -0.2) is 4.57 Å². The van der Waals surface area contributed by atoms with Crippen molar-refractivity contribution < 1.29 is 0 Å². The summed E-state index contributed by atoms with van der Waals surface area (Å²) in [7, 11) is 0. The van der Waals surface area contributed by atoms with Crippen LogP contribution in [0.15, 0.2) is 194 Å². The lowest BCUT2D eigenvalue weighted by molar-refractivity contribution is 1.18. The Morgan fingerprint density at radius 3 is 1.85 bits per heavy atom. The highest BCUT2D eigenvalue weighted by Gasteiger charge is 2.29. The molecule has 11 rings (SSSR count). The first-order valence-corrected chi connectivity index (χ1v) is 17.9. The van der Waals surface area contributed by atoms with Crippen LogP contribution in [0.1, 0.15) is 0 Å². The highest BCUT2D eigenvalue weighted by molar-refractivity contribution is 6.26. The van der Waals surface area contributed by atoms with Gasteiger partial charge in [0.15, 0.2) is 0 Å². The lowest BCUT2D eigenvalue weighted by atomic mass is 9.94. The van der Waals surface area contributed by atoms with Gasteiger partial charge in [0, 0.05) is 39.0 Å². The van der Waals surface area contributed by atoms with E-state index in [2.05, 4.69) is 204 Å². The number of para-hydroxylation sites is 2. The van der Waals surface area contributed by atoms with E-state index in [1.807, 2.05) is 0 Å². The van der Waals surface area contributed by atoms with Crippen molar-refractivity contribution in [2.75, 3.05) is 4.90 Å². The molecule has 242 valence electrons. The van der Waals surface area contributed by atoms with E-state index in [0.717, 1.165) is 17.1 Å². The third-order valence-corrected chi connectivity index (χ3v) is 10.9. The van der Waals surface area contributed by atoms with Crippen LogP contribution in [0.5, 0.6) is 0 Å². The molecule has 0 saturated heterocycles. The molecule has 0 spiro atoms. The SMILES string of the molecule is c1ccc(-c2ccc(N(c3ccc4c5ccccc5n(-c5ccccc5)c4c3)c3cccc4c3-c3c5ccccc5cc5cccc-4c35)cc2)cc1. The average molecular weight is 661 g/mol. The highest BCUT2D eigenvalue weighted by Crippen LogP contribution is 2.55. The van der Waals surface area contributed by atoms with E-state index in [4.69, 9.17) is 0 Å². The molecule has 0 aliphatic heterocycles. The summed E-state index contributed by atoms with van der Waals surface area (Å²) in [5.41, 5.74) is 14.5. The molecular formula is C50H32N2. The molecule has 9 aromatic carbocycles. The molecule has 1 aliphatic rings. The van der Waals surface area contributed by atoms with E-state index in [1.54, 1.807) is 0 Å². The monoisotopic (exact) mass is 660 g/mol. The number of hydrogen-bond donors (Lipinski definition) is 0.